The van der Waals surface area contributed by atoms with Crippen molar-refractivity contribution in [1.82, 2.24) is 15.1 Å². The second-order valence-electron chi connectivity index (χ2n) is 7.72. The molecule has 1 unspecified atom stereocenters. The van der Waals surface area contributed by atoms with Gasteiger partial charge < -0.3 is 24.3 Å². The van der Waals surface area contributed by atoms with Crippen LogP contribution in [0.25, 0.3) is 0 Å². The lowest BCUT2D eigenvalue weighted by atomic mass is 10.2. The molecule has 1 atom stereocenters. The smallest absolute Gasteiger partial charge is 0.286 e. The van der Waals surface area contributed by atoms with Crippen LogP contribution in [0.2, 0.25) is 0 Å². The first-order chi connectivity index (χ1) is 15.1. The number of rotatable bonds is 11. The van der Waals surface area contributed by atoms with Gasteiger partial charge in [0.1, 0.15) is 11.5 Å². The predicted molar refractivity (Wildman–Crippen MR) is 122 cm³/mol. The summed E-state index contributed by atoms with van der Waals surface area (Å²) in [5, 5.41) is 2.92. The molecule has 0 radical (unpaired) electrons. The van der Waals surface area contributed by atoms with Gasteiger partial charge in [-0.05, 0) is 62.3 Å². The summed E-state index contributed by atoms with van der Waals surface area (Å²) < 4.78 is 23.2. The molecule has 1 aromatic heterocycles. The second-order valence-corrected chi connectivity index (χ2v) is 9.18. The molecule has 1 saturated heterocycles. The van der Waals surface area contributed by atoms with Gasteiger partial charge in [0.05, 0.1) is 23.7 Å². The Balaban J connectivity index is 1.37. The fourth-order valence-corrected chi connectivity index (χ4v) is 4.68. The van der Waals surface area contributed by atoms with Gasteiger partial charge in [-0.2, -0.15) is 0 Å². The number of piperazine rings is 1. The number of nitrogens with one attached hydrogen (secondary N) is 1. The third kappa shape index (κ3) is 7.19. The van der Waals surface area contributed by atoms with Gasteiger partial charge in [0.2, 0.25) is 0 Å². The molecule has 0 spiro atoms. The number of carbonyl (C=O) groups is 1. The molecule has 1 aliphatic rings. The lowest BCUT2D eigenvalue weighted by Gasteiger charge is -2.34. The van der Waals surface area contributed by atoms with Gasteiger partial charge in [-0.25, -0.2) is 0 Å². The summed E-state index contributed by atoms with van der Waals surface area (Å²) in [5.74, 6) is 1.51. The topological polar surface area (TPSA) is 75.0 Å². The van der Waals surface area contributed by atoms with E-state index in [9.17, 15) is 9.00 Å². The van der Waals surface area contributed by atoms with E-state index in [2.05, 4.69) is 22.0 Å². The van der Waals surface area contributed by atoms with Crippen LogP contribution < -0.4 is 10.1 Å². The Labute approximate surface area is 187 Å². The first-order valence-electron chi connectivity index (χ1n) is 10.9. The summed E-state index contributed by atoms with van der Waals surface area (Å²) in [4.78, 5) is 18.0. The van der Waals surface area contributed by atoms with E-state index in [1.54, 1.807) is 43.5 Å². The fourth-order valence-electron chi connectivity index (χ4n) is 3.66. The maximum atomic E-state index is 12.5. The molecule has 1 aromatic carbocycles. The molecule has 1 fully saturated rings. The largest absolute Gasteiger partial charge is 0.497 e. The highest BCUT2D eigenvalue weighted by atomic mass is 32.2. The van der Waals surface area contributed by atoms with Crippen LogP contribution in [-0.2, 0) is 16.6 Å². The third-order valence-electron chi connectivity index (χ3n) is 5.42. The molecule has 0 saturated carbocycles. The Hall–Kier alpha value is -2.16. The zero-order valence-electron chi connectivity index (χ0n) is 18.5. The average Bonchev–Trinajstić information content (AvgIpc) is 3.26. The van der Waals surface area contributed by atoms with Gasteiger partial charge in [-0.1, -0.05) is 6.92 Å². The molecule has 8 heteroatoms. The van der Waals surface area contributed by atoms with E-state index < -0.39 is 10.8 Å². The number of hydrogen-bond acceptors (Lipinski definition) is 6. The summed E-state index contributed by atoms with van der Waals surface area (Å²) in [6.07, 6.45) is 2.12. The number of nitrogens with zero attached hydrogens (tertiary/aromatic N) is 2. The summed E-state index contributed by atoms with van der Waals surface area (Å²) in [6, 6.07) is 10.5. The minimum absolute atomic E-state index is 0.226. The van der Waals surface area contributed by atoms with Crippen molar-refractivity contribution in [2.24, 2.45) is 0 Å². The molecule has 7 nitrogen and oxygen atoms in total. The van der Waals surface area contributed by atoms with Crippen LogP contribution >= 0.6 is 0 Å². The molecule has 1 amide bonds. The summed E-state index contributed by atoms with van der Waals surface area (Å²) in [5.41, 5.74) is 0. The quantitative estimate of drug-likeness (QED) is 0.534. The van der Waals surface area contributed by atoms with E-state index in [1.807, 2.05) is 0 Å². The number of benzene rings is 1. The van der Waals surface area contributed by atoms with Crippen molar-refractivity contribution >= 4 is 16.7 Å². The van der Waals surface area contributed by atoms with Gasteiger partial charge in [-0.15, -0.1) is 0 Å². The molecule has 2 heterocycles. The molecular weight excluding hydrogens is 414 g/mol. The van der Waals surface area contributed by atoms with Crippen molar-refractivity contribution in [3.63, 3.8) is 0 Å². The molecular formula is C23H33N3O4S. The van der Waals surface area contributed by atoms with Crippen molar-refractivity contribution in [2.75, 3.05) is 52.9 Å². The van der Waals surface area contributed by atoms with Gasteiger partial charge in [0.15, 0.2) is 5.76 Å². The Morgan fingerprint density at radius 3 is 2.39 bits per heavy atom. The summed E-state index contributed by atoms with van der Waals surface area (Å²) in [6.45, 7) is 9.47. The number of furan rings is 1. The van der Waals surface area contributed by atoms with Crippen LogP contribution in [0.5, 0.6) is 5.75 Å². The molecule has 2 aromatic rings. The summed E-state index contributed by atoms with van der Waals surface area (Å²) >= 11 is 0. The zero-order valence-corrected chi connectivity index (χ0v) is 19.3. The second kappa shape index (κ2) is 12.0. The lowest BCUT2D eigenvalue weighted by molar-refractivity contribution is 0.0919. The van der Waals surface area contributed by atoms with Gasteiger partial charge in [-0.3, -0.25) is 9.00 Å². The maximum absolute atomic E-state index is 12.5. The van der Waals surface area contributed by atoms with E-state index in [0.29, 0.717) is 17.2 Å². The molecule has 0 bridgehead atoms. The normalized spacial score (nSPS) is 16.2. The number of carbonyl (C=O) groups excluding carboxylic acids is 1. The van der Waals surface area contributed by atoms with Crippen molar-refractivity contribution in [3.8, 4) is 5.75 Å². The molecule has 170 valence electrons. The minimum atomic E-state index is -1.25. The Kier molecular flexibility index (Phi) is 9.12. The lowest BCUT2D eigenvalue weighted by Crippen LogP contribution is -2.47. The van der Waals surface area contributed by atoms with Gasteiger partial charge in [0, 0.05) is 37.6 Å². The van der Waals surface area contributed by atoms with E-state index in [-0.39, 0.29) is 17.4 Å². The molecule has 0 aliphatic carbocycles. The Bertz CT molecular complexity index is 845. The zero-order chi connectivity index (χ0) is 22.1. The van der Waals surface area contributed by atoms with Crippen molar-refractivity contribution in [1.29, 1.82) is 0 Å². The van der Waals surface area contributed by atoms with Crippen LogP contribution in [0.3, 0.4) is 0 Å². The Morgan fingerprint density at radius 2 is 1.74 bits per heavy atom. The van der Waals surface area contributed by atoms with Gasteiger partial charge in [0.25, 0.3) is 5.91 Å². The Morgan fingerprint density at radius 1 is 1.06 bits per heavy atom. The van der Waals surface area contributed by atoms with Crippen molar-refractivity contribution in [2.45, 2.75) is 30.4 Å². The number of amides is 1. The van der Waals surface area contributed by atoms with E-state index >= 15 is 0 Å². The monoisotopic (exact) mass is 447 g/mol. The minimum Gasteiger partial charge on any atom is -0.497 e. The molecule has 3 rings (SSSR count). The van der Waals surface area contributed by atoms with Crippen LogP contribution in [0.4, 0.5) is 0 Å². The number of ether oxygens (including phenoxy) is 1. The molecule has 1 N–H and O–H groups in total. The van der Waals surface area contributed by atoms with Crippen LogP contribution in [-0.4, -0.2) is 72.8 Å². The highest BCUT2D eigenvalue weighted by Crippen LogP contribution is 2.18. The molecule has 31 heavy (non-hydrogen) atoms. The first kappa shape index (κ1) is 23.5. The van der Waals surface area contributed by atoms with Crippen molar-refractivity contribution in [3.05, 3.63) is 47.9 Å². The van der Waals surface area contributed by atoms with E-state index in [4.69, 9.17) is 9.15 Å². The van der Waals surface area contributed by atoms with Crippen LogP contribution in [0.15, 0.2) is 45.7 Å². The van der Waals surface area contributed by atoms with Gasteiger partial charge >= 0.3 is 0 Å². The standard InChI is InChI=1S/C23H33N3O4S/c1-3-12-25-14-16-26(17-15-25)13-4-11-24-23(27)22-10-7-20(30-22)18-31(28)21-8-5-19(29-2)6-9-21/h5-10H,3-4,11-18H2,1-2H3,(H,24,27). The highest BCUT2D eigenvalue weighted by molar-refractivity contribution is 7.84. The van der Waals surface area contributed by atoms with E-state index in [1.165, 1.54) is 13.0 Å². The fraction of sp³-hybridized carbons (Fsp3) is 0.522. The SMILES string of the molecule is CCCN1CCN(CCCNC(=O)c2ccc(CS(=O)c3ccc(OC)cc3)o2)CC1. The van der Waals surface area contributed by atoms with Crippen LogP contribution in [0, 0.1) is 0 Å². The first-order valence-corrected chi connectivity index (χ1v) is 12.2. The van der Waals surface area contributed by atoms with Crippen LogP contribution in [0.1, 0.15) is 36.1 Å². The highest BCUT2D eigenvalue weighted by Gasteiger charge is 2.16. The third-order valence-corrected chi connectivity index (χ3v) is 6.77. The van der Waals surface area contributed by atoms with E-state index in [0.717, 1.165) is 44.9 Å². The van der Waals surface area contributed by atoms with Crippen molar-refractivity contribution < 1.29 is 18.2 Å². The number of methoxy groups -OCH3 is 1. The summed E-state index contributed by atoms with van der Waals surface area (Å²) in [7, 11) is 0.345. The average molecular weight is 448 g/mol. The molecule has 1 aliphatic heterocycles. The predicted octanol–water partition coefficient (Wildman–Crippen LogP) is 2.74. The number of hydrogen-bond donors (Lipinski definition) is 1. The maximum Gasteiger partial charge on any atom is 0.286 e.